The van der Waals surface area contributed by atoms with Gasteiger partial charge < -0.3 is 14.7 Å². The Morgan fingerprint density at radius 1 is 1.45 bits per heavy atom. The summed E-state index contributed by atoms with van der Waals surface area (Å²) >= 11 is 0. The Morgan fingerprint density at radius 3 is 2.85 bits per heavy atom. The Kier molecular flexibility index (Phi) is 4.22. The van der Waals surface area contributed by atoms with Crippen LogP contribution >= 0.6 is 0 Å². The molecule has 6 heteroatoms. The summed E-state index contributed by atoms with van der Waals surface area (Å²) in [6.07, 6.45) is 1.28. The van der Waals surface area contributed by atoms with Crippen molar-refractivity contribution >= 4 is 11.9 Å². The fourth-order valence-corrected chi connectivity index (χ4v) is 2.40. The molecule has 0 aliphatic carbocycles. The molecular weight excluding hydrogens is 265 g/mol. The van der Waals surface area contributed by atoms with E-state index in [9.17, 15) is 19.1 Å². The number of likely N-dealkylation sites (tertiary alicyclic amines) is 1. The summed E-state index contributed by atoms with van der Waals surface area (Å²) in [6.45, 7) is 0.610. The molecule has 1 amide bonds. The zero-order valence-electron chi connectivity index (χ0n) is 11.1. The van der Waals surface area contributed by atoms with Crippen LogP contribution in [-0.4, -0.2) is 42.1 Å². The SMILES string of the molecule is COC(=O)[C@H]1CCCN(C(=O)c2c(O)cccc2F)C1. The van der Waals surface area contributed by atoms with E-state index in [1.54, 1.807) is 0 Å². The van der Waals surface area contributed by atoms with Crippen LogP contribution in [-0.2, 0) is 9.53 Å². The molecule has 1 N–H and O–H groups in total. The van der Waals surface area contributed by atoms with Crippen LogP contribution < -0.4 is 0 Å². The van der Waals surface area contributed by atoms with Crippen molar-refractivity contribution in [1.82, 2.24) is 4.90 Å². The van der Waals surface area contributed by atoms with E-state index in [1.165, 1.54) is 24.1 Å². The summed E-state index contributed by atoms with van der Waals surface area (Å²) in [5, 5.41) is 9.63. The molecule has 5 nitrogen and oxygen atoms in total. The number of phenols is 1. The second-order valence-electron chi connectivity index (χ2n) is 4.75. The highest BCUT2D eigenvalue weighted by Crippen LogP contribution is 2.25. The number of hydrogen-bond acceptors (Lipinski definition) is 4. The normalized spacial score (nSPS) is 18.7. The van der Waals surface area contributed by atoms with Crippen molar-refractivity contribution in [2.24, 2.45) is 5.92 Å². The lowest BCUT2D eigenvalue weighted by Gasteiger charge is -2.31. The lowest BCUT2D eigenvalue weighted by molar-refractivity contribution is -0.146. The van der Waals surface area contributed by atoms with Gasteiger partial charge in [-0.15, -0.1) is 0 Å². The number of carbonyl (C=O) groups excluding carboxylic acids is 2. The molecule has 0 spiro atoms. The predicted molar refractivity (Wildman–Crippen MR) is 68.7 cm³/mol. The van der Waals surface area contributed by atoms with Crippen molar-refractivity contribution in [3.05, 3.63) is 29.6 Å². The number of ether oxygens (including phenoxy) is 1. The first-order valence-corrected chi connectivity index (χ1v) is 6.39. The predicted octanol–water partition coefficient (Wildman–Crippen LogP) is 1.56. The zero-order chi connectivity index (χ0) is 14.7. The molecule has 1 atom stereocenters. The molecule has 1 fully saturated rings. The van der Waals surface area contributed by atoms with Crippen molar-refractivity contribution in [1.29, 1.82) is 0 Å². The van der Waals surface area contributed by atoms with E-state index in [0.717, 1.165) is 6.07 Å². The largest absolute Gasteiger partial charge is 0.507 e. The molecule has 0 aromatic heterocycles. The van der Waals surface area contributed by atoms with Crippen LogP contribution in [0.25, 0.3) is 0 Å². The van der Waals surface area contributed by atoms with Gasteiger partial charge in [-0.2, -0.15) is 0 Å². The molecule has 0 bridgehead atoms. The van der Waals surface area contributed by atoms with Gasteiger partial charge >= 0.3 is 5.97 Å². The number of methoxy groups -OCH3 is 1. The van der Waals surface area contributed by atoms with Crippen LogP contribution in [0.4, 0.5) is 4.39 Å². The molecule has 20 heavy (non-hydrogen) atoms. The van der Waals surface area contributed by atoms with Gasteiger partial charge in [0.2, 0.25) is 0 Å². The summed E-state index contributed by atoms with van der Waals surface area (Å²) in [5.74, 6) is -2.54. The molecular formula is C14H16FNO4. The fourth-order valence-electron chi connectivity index (χ4n) is 2.40. The molecule has 1 saturated heterocycles. The van der Waals surface area contributed by atoms with Gasteiger partial charge in [-0.25, -0.2) is 4.39 Å². The molecule has 1 aliphatic heterocycles. The number of hydrogen-bond donors (Lipinski definition) is 1. The van der Waals surface area contributed by atoms with Gasteiger partial charge in [-0.1, -0.05) is 6.07 Å². The van der Waals surface area contributed by atoms with E-state index in [0.29, 0.717) is 19.4 Å². The van der Waals surface area contributed by atoms with Crippen LogP contribution in [0, 0.1) is 11.7 Å². The van der Waals surface area contributed by atoms with Crippen LogP contribution in [0.3, 0.4) is 0 Å². The van der Waals surface area contributed by atoms with E-state index in [4.69, 9.17) is 0 Å². The number of nitrogens with zero attached hydrogens (tertiary/aromatic N) is 1. The highest BCUT2D eigenvalue weighted by atomic mass is 19.1. The van der Waals surface area contributed by atoms with Crippen LogP contribution in [0.2, 0.25) is 0 Å². The summed E-state index contributed by atoms with van der Waals surface area (Å²) in [4.78, 5) is 25.2. The average molecular weight is 281 g/mol. The van der Waals surface area contributed by atoms with Crippen molar-refractivity contribution in [2.45, 2.75) is 12.8 Å². The quantitative estimate of drug-likeness (QED) is 0.835. The molecule has 0 saturated carbocycles. The van der Waals surface area contributed by atoms with E-state index < -0.39 is 23.4 Å². The van der Waals surface area contributed by atoms with Gasteiger partial charge in [0.1, 0.15) is 17.1 Å². The van der Waals surface area contributed by atoms with E-state index >= 15 is 0 Å². The smallest absolute Gasteiger partial charge is 0.310 e. The molecule has 1 heterocycles. The first-order chi connectivity index (χ1) is 9.54. The van der Waals surface area contributed by atoms with E-state index in [2.05, 4.69) is 4.74 Å². The molecule has 1 aliphatic rings. The molecule has 1 aromatic carbocycles. The Labute approximate surface area is 116 Å². The first kappa shape index (κ1) is 14.3. The van der Waals surface area contributed by atoms with Crippen LogP contribution in [0.15, 0.2) is 18.2 Å². The van der Waals surface area contributed by atoms with Gasteiger partial charge in [0.25, 0.3) is 5.91 Å². The Balaban J connectivity index is 2.19. The number of halogens is 1. The monoisotopic (exact) mass is 281 g/mol. The molecule has 0 radical (unpaired) electrons. The fraction of sp³-hybridized carbons (Fsp3) is 0.429. The lowest BCUT2D eigenvalue weighted by atomic mass is 9.97. The number of phenolic OH excluding ortho intramolecular Hbond substituents is 1. The third-order valence-electron chi connectivity index (χ3n) is 3.45. The van der Waals surface area contributed by atoms with Gasteiger partial charge in [-0.3, -0.25) is 9.59 Å². The number of amides is 1. The van der Waals surface area contributed by atoms with Crippen molar-refractivity contribution in [3.63, 3.8) is 0 Å². The molecule has 108 valence electrons. The number of piperidine rings is 1. The van der Waals surface area contributed by atoms with Gasteiger partial charge in [-0.05, 0) is 25.0 Å². The van der Waals surface area contributed by atoms with Crippen molar-refractivity contribution in [2.75, 3.05) is 20.2 Å². The number of rotatable bonds is 2. The minimum absolute atomic E-state index is 0.180. The van der Waals surface area contributed by atoms with Crippen LogP contribution in [0.5, 0.6) is 5.75 Å². The maximum atomic E-state index is 13.7. The number of benzene rings is 1. The molecule has 1 aromatic rings. The van der Waals surface area contributed by atoms with E-state index in [1.807, 2.05) is 0 Å². The number of carbonyl (C=O) groups is 2. The van der Waals surface area contributed by atoms with Crippen LogP contribution in [0.1, 0.15) is 23.2 Å². The first-order valence-electron chi connectivity index (χ1n) is 6.39. The minimum atomic E-state index is -0.768. The second-order valence-corrected chi connectivity index (χ2v) is 4.75. The maximum Gasteiger partial charge on any atom is 0.310 e. The van der Waals surface area contributed by atoms with Gasteiger partial charge in [0.15, 0.2) is 0 Å². The number of aromatic hydroxyl groups is 1. The zero-order valence-corrected chi connectivity index (χ0v) is 11.1. The third-order valence-corrected chi connectivity index (χ3v) is 3.45. The van der Waals surface area contributed by atoms with Gasteiger partial charge in [0, 0.05) is 13.1 Å². The van der Waals surface area contributed by atoms with Crippen molar-refractivity contribution < 1.29 is 23.8 Å². The average Bonchev–Trinajstić information content (AvgIpc) is 2.46. The Hall–Kier alpha value is -2.11. The highest BCUT2D eigenvalue weighted by Gasteiger charge is 2.31. The molecule has 0 unspecified atom stereocenters. The summed E-state index contributed by atoms with van der Waals surface area (Å²) in [5.41, 5.74) is -0.349. The molecule has 2 rings (SSSR count). The standard InChI is InChI=1S/C14H16FNO4/c1-20-14(19)9-4-3-7-16(8-9)13(18)12-10(15)5-2-6-11(12)17/h2,5-6,9,17H,3-4,7-8H2,1H3/t9-/m0/s1. The van der Waals surface area contributed by atoms with Crippen molar-refractivity contribution in [3.8, 4) is 5.75 Å². The summed E-state index contributed by atoms with van der Waals surface area (Å²) in [6, 6.07) is 3.71. The summed E-state index contributed by atoms with van der Waals surface area (Å²) < 4.78 is 18.3. The minimum Gasteiger partial charge on any atom is -0.507 e. The summed E-state index contributed by atoms with van der Waals surface area (Å²) in [7, 11) is 1.30. The second kappa shape index (κ2) is 5.90. The van der Waals surface area contributed by atoms with Gasteiger partial charge in [0.05, 0.1) is 13.0 Å². The number of esters is 1. The lowest BCUT2D eigenvalue weighted by Crippen LogP contribution is -2.42. The Morgan fingerprint density at radius 2 is 2.20 bits per heavy atom. The third kappa shape index (κ3) is 2.74. The Bertz CT molecular complexity index is 512. The highest BCUT2D eigenvalue weighted by molar-refractivity contribution is 5.97. The maximum absolute atomic E-state index is 13.7. The topological polar surface area (TPSA) is 66.8 Å². The van der Waals surface area contributed by atoms with E-state index in [-0.39, 0.29) is 18.1 Å².